The Labute approximate surface area is 106 Å². The van der Waals surface area contributed by atoms with Gasteiger partial charge in [0.15, 0.2) is 0 Å². The fraction of sp³-hybridized carbons (Fsp3) is 1.00. The zero-order valence-corrected chi connectivity index (χ0v) is 12.4. The molecule has 0 atom stereocenters. The van der Waals surface area contributed by atoms with Crippen molar-refractivity contribution in [2.75, 3.05) is 32.5 Å². The Morgan fingerprint density at radius 2 is 1.82 bits per heavy atom. The number of nitrogens with zero attached hydrogens (tertiary/aromatic N) is 1. The summed E-state index contributed by atoms with van der Waals surface area (Å²) in [6, 6.07) is 0.305. The summed E-state index contributed by atoms with van der Waals surface area (Å²) in [6.45, 7) is 9.17. The summed E-state index contributed by atoms with van der Waals surface area (Å²) in [6.07, 6.45) is 0.133. The van der Waals surface area contributed by atoms with E-state index in [2.05, 4.69) is 5.32 Å². The second-order valence-corrected chi connectivity index (χ2v) is 6.86. The van der Waals surface area contributed by atoms with E-state index in [1.807, 2.05) is 27.7 Å². The molecule has 0 aromatic heterocycles. The fourth-order valence-corrected chi connectivity index (χ4v) is 2.23. The maximum atomic E-state index is 11.8. The van der Waals surface area contributed by atoms with Gasteiger partial charge in [0.1, 0.15) is 0 Å². The lowest BCUT2D eigenvalue weighted by Crippen LogP contribution is -2.37. The van der Waals surface area contributed by atoms with E-state index < -0.39 is 10.0 Å². The molecule has 0 radical (unpaired) electrons. The van der Waals surface area contributed by atoms with Gasteiger partial charge in [0.05, 0.1) is 18.5 Å². The maximum Gasteiger partial charge on any atom is 0.215 e. The van der Waals surface area contributed by atoms with E-state index in [-0.39, 0.29) is 11.9 Å². The number of hydrogen-bond donors (Lipinski definition) is 1. The summed E-state index contributed by atoms with van der Waals surface area (Å²) in [5, 5.41) is 3.09. The molecule has 0 saturated carbocycles. The number of likely N-dealkylation sites (N-methyl/N-ethyl adjacent to an activating group) is 1. The van der Waals surface area contributed by atoms with Crippen LogP contribution in [0.3, 0.4) is 0 Å². The molecule has 1 N–H and O–H groups in total. The summed E-state index contributed by atoms with van der Waals surface area (Å²) in [7, 11) is -1.57. The molecule has 0 fully saturated rings. The van der Waals surface area contributed by atoms with Crippen LogP contribution in [-0.2, 0) is 14.8 Å². The Hall–Kier alpha value is -0.170. The molecule has 0 aliphatic carbocycles. The SMILES string of the molecule is CC(C)NCCS(=O)(=O)N(C)CCOC(C)C. The van der Waals surface area contributed by atoms with E-state index in [1.54, 1.807) is 7.05 Å². The van der Waals surface area contributed by atoms with Gasteiger partial charge in [-0.05, 0) is 13.8 Å². The lowest BCUT2D eigenvalue weighted by atomic mass is 10.4. The summed E-state index contributed by atoms with van der Waals surface area (Å²) in [4.78, 5) is 0. The summed E-state index contributed by atoms with van der Waals surface area (Å²) >= 11 is 0. The van der Waals surface area contributed by atoms with Gasteiger partial charge in [0.25, 0.3) is 0 Å². The molecule has 5 nitrogen and oxygen atoms in total. The van der Waals surface area contributed by atoms with Crippen LogP contribution in [0.4, 0.5) is 0 Å². The lowest BCUT2D eigenvalue weighted by molar-refractivity contribution is 0.0737. The van der Waals surface area contributed by atoms with Crippen LogP contribution in [0, 0.1) is 0 Å². The van der Waals surface area contributed by atoms with Gasteiger partial charge < -0.3 is 10.1 Å². The molecular formula is C11H26N2O3S. The van der Waals surface area contributed by atoms with Crippen LogP contribution in [0.5, 0.6) is 0 Å². The zero-order valence-electron chi connectivity index (χ0n) is 11.6. The van der Waals surface area contributed by atoms with E-state index in [4.69, 9.17) is 4.74 Å². The molecule has 0 heterocycles. The number of rotatable bonds is 9. The van der Waals surface area contributed by atoms with Gasteiger partial charge in [-0.15, -0.1) is 0 Å². The molecule has 0 aliphatic heterocycles. The molecule has 0 aromatic rings. The van der Waals surface area contributed by atoms with Crippen LogP contribution in [0.25, 0.3) is 0 Å². The average Bonchev–Trinajstić information content (AvgIpc) is 2.15. The topological polar surface area (TPSA) is 58.6 Å². The van der Waals surface area contributed by atoms with Gasteiger partial charge in [-0.25, -0.2) is 12.7 Å². The van der Waals surface area contributed by atoms with Gasteiger partial charge >= 0.3 is 0 Å². The molecule has 0 aliphatic rings. The highest BCUT2D eigenvalue weighted by Crippen LogP contribution is 1.98. The quantitative estimate of drug-likeness (QED) is 0.666. The first-order valence-corrected chi connectivity index (χ1v) is 7.65. The van der Waals surface area contributed by atoms with Crippen LogP contribution in [0.1, 0.15) is 27.7 Å². The second kappa shape index (κ2) is 8.02. The van der Waals surface area contributed by atoms with Crippen molar-refractivity contribution in [3.05, 3.63) is 0 Å². The molecule has 0 spiro atoms. The average molecular weight is 266 g/mol. The molecule has 0 saturated heterocycles. The van der Waals surface area contributed by atoms with Crippen LogP contribution in [0.2, 0.25) is 0 Å². The fourth-order valence-electron chi connectivity index (χ4n) is 1.19. The van der Waals surface area contributed by atoms with Crippen LogP contribution < -0.4 is 5.32 Å². The summed E-state index contributed by atoms with van der Waals surface area (Å²) in [5.74, 6) is 0.128. The molecule has 0 bridgehead atoms. The standard InChI is InChI=1S/C11H26N2O3S/c1-10(2)12-6-9-17(14,15)13(5)7-8-16-11(3)4/h10-12H,6-9H2,1-5H3. The smallest absolute Gasteiger partial charge is 0.215 e. The van der Waals surface area contributed by atoms with Crippen molar-refractivity contribution in [2.45, 2.75) is 39.8 Å². The molecule has 0 rings (SSSR count). The Bertz CT molecular complexity index is 289. The van der Waals surface area contributed by atoms with Crippen LogP contribution in [-0.4, -0.2) is 57.4 Å². The van der Waals surface area contributed by atoms with Gasteiger partial charge in [-0.1, -0.05) is 13.8 Å². The van der Waals surface area contributed by atoms with Crippen molar-refractivity contribution in [1.29, 1.82) is 0 Å². The normalized spacial score (nSPS) is 12.9. The Morgan fingerprint density at radius 1 is 1.24 bits per heavy atom. The molecule has 6 heteroatoms. The van der Waals surface area contributed by atoms with E-state index in [0.717, 1.165) is 0 Å². The first-order chi connectivity index (χ1) is 7.75. The minimum absolute atomic E-state index is 0.128. The Balaban J connectivity index is 3.95. The highest BCUT2D eigenvalue weighted by Gasteiger charge is 2.17. The third kappa shape index (κ3) is 8.54. The van der Waals surface area contributed by atoms with Gasteiger partial charge in [0, 0.05) is 26.2 Å². The molecule has 0 aromatic carbocycles. The highest BCUT2D eigenvalue weighted by atomic mass is 32.2. The number of sulfonamides is 1. The number of nitrogens with one attached hydrogen (secondary N) is 1. The van der Waals surface area contributed by atoms with E-state index in [1.165, 1.54) is 4.31 Å². The molecule has 104 valence electrons. The van der Waals surface area contributed by atoms with Crippen molar-refractivity contribution in [3.8, 4) is 0 Å². The van der Waals surface area contributed by atoms with Crippen molar-refractivity contribution in [1.82, 2.24) is 9.62 Å². The molecule has 0 amide bonds. The monoisotopic (exact) mass is 266 g/mol. The third-order valence-corrected chi connectivity index (χ3v) is 4.10. The summed E-state index contributed by atoms with van der Waals surface area (Å²) < 4.78 is 30.3. The van der Waals surface area contributed by atoms with E-state index >= 15 is 0 Å². The van der Waals surface area contributed by atoms with E-state index in [0.29, 0.717) is 25.7 Å². The first-order valence-electron chi connectivity index (χ1n) is 6.04. The Kier molecular flexibility index (Phi) is 7.94. The van der Waals surface area contributed by atoms with Crippen molar-refractivity contribution in [3.63, 3.8) is 0 Å². The highest BCUT2D eigenvalue weighted by molar-refractivity contribution is 7.89. The van der Waals surface area contributed by atoms with Crippen LogP contribution >= 0.6 is 0 Å². The van der Waals surface area contributed by atoms with Crippen molar-refractivity contribution < 1.29 is 13.2 Å². The largest absolute Gasteiger partial charge is 0.377 e. The lowest BCUT2D eigenvalue weighted by Gasteiger charge is -2.18. The maximum absolute atomic E-state index is 11.8. The molecular weight excluding hydrogens is 240 g/mol. The number of hydrogen-bond acceptors (Lipinski definition) is 4. The zero-order chi connectivity index (χ0) is 13.5. The van der Waals surface area contributed by atoms with Crippen molar-refractivity contribution >= 4 is 10.0 Å². The van der Waals surface area contributed by atoms with E-state index in [9.17, 15) is 8.42 Å². The van der Waals surface area contributed by atoms with Gasteiger partial charge in [0.2, 0.25) is 10.0 Å². The van der Waals surface area contributed by atoms with Gasteiger partial charge in [-0.3, -0.25) is 0 Å². The molecule has 17 heavy (non-hydrogen) atoms. The predicted molar refractivity (Wildman–Crippen MR) is 70.6 cm³/mol. The Morgan fingerprint density at radius 3 is 2.29 bits per heavy atom. The summed E-state index contributed by atoms with van der Waals surface area (Å²) in [5.41, 5.74) is 0. The first kappa shape index (κ1) is 16.8. The van der Waals surface area contributed by atoms with Crippen molar-refractivity contribution in [2.24, 2.45) is 0 Å². The predicted octanol–water partition coefficient (Wildman–Crippen LogP) is 0.671. The second-order valence-electron chi connectivity index (χ2n) is 4.67. The minimum Gasteiger partial charge on any atom is -0.377 e. The minimum atomic E-state index is -3.16. The molecule has 0 unspecified atom stereocenters. The third-order valence-electron chi connectivity index (χ3n) is 2.24. The van der Waals surface area contributed by atoms with Gasteiger partial charge in [-0.2, -0.15) is 0 Å². The van der Waals surface area contributed by atoms with Crippen LogP contribution in [0.15, 0.2) is 0 Å². The number of ether oxygens (including phenoxy) is 1.